The molecule has 1 rings (SSSR count). The minimum absolute atomic E-state index is 0.195. The Morgan fingerprint density at radius 1 is 1.40 bits per heavy atom. The summed E-state index contributed by atoms with van der Waals surface area (Å²) in [5.74, 6) is 0. The number of hydrogen-bond donors (Lipinski definition) is 2. The number of rotatable bonds is 2. The molecule has 3 heteroatoms. The van der Waals surface area contributed by atoms with Crippen LogP contribution in [0.5, 0.6) is 0 Å². The first-order valence-corrected chi connectivity index (χ1v) is 5.64. The van der Waals surface area contributed by atoms with Gasteiger partial charge in [-0.2, -0.15) is 0 Å². The van der Waals surface area contributed by atoms with Gasteiger partial charge in [0.25, 0.3) is 0 Å². The van der Waals surface area contributed by atoms with Crippen LogP contribution in [0.15, 0.2) is 12.3 Å². The highest BCUT2D eigenvalue weighted by molar-refractivity contribution is 4.99. The normalized spacial score (nSPS) is 22.7. The van der Waals surface area contributed by atoms with Crippen molar-refractivity contribution < 1.29 is 5.11 Å². The summed E-state index contributed by atoms with van der Waals surface area (Å²) in [5.41, 5.74) is 5.72. The molecule has 0 atom stereocenters. The minimum atomic E-state index is -0.617. The standard InChI is InChI=1S/C12H24N2O/c1-10(13)9-12(15)5-7-14(8-6-12)11(2,3)4/h15H,1,5-9,13H2,2-4H3. The van der Waals surface area contributed by atoms with Crippen LogP contribution in [0.1, 0.15) is 40.0 Å². The van der Waals surface area contributed by atoms with Gasteiger partial charge in [-0.15, -0.1) is 0 Å². The van der Waals surface area contributed by atoms with Gasteiger partial charge in [0.05, 0.1) is 5.60 Å². The molecule has 1 saturated heterocycles. The summed E-state index contributed by atoms with van der Waals surface area (Å²) in [4.78, 5) is 2.40. The van der Waals surface area contributed by atoms with Crippen LogP contribution in [0.2, 0.25) is 0 Å². The van der Waals surface area contributed by atoms with Crippen LogP contribution in [-0.2, 0) is 0 Å². The molecule has 1 aliphatic heterocycles. The van der Waals surface area contributed by atoms with Crippen LogP contribution >= 0.6 is 0 Å². The smallest absolute Gasteiger partial charge is 0.0726 e. The second-order valence-electron chi connectivity index (χ2n) is 5.72. The first-order valence-electron chi connectivity index (χ1n) is 5.64. The van der Waals surface area contributed by atoms with E-state index in [1.54, 1.807) is 0 Å². The Bertz CT molecular complexity index is 234. The molecule has 0 aromatic heterocycles. The van der Waals surface area contributed by atoms with Crippen molar-refractivity contribution in [2.75, 3.05) is 13.1 Å². The van der Waals surface area contributed by atoms with Crippen molar-refractivity contribution in [2.24, 2.45) is 5.73 Å². The topological polar surface area (TPSA) is 49.5 Å². The highest BCUT2D eigenvalue weighted by Gasteiger charge is 2.35. The molecule has 0 unspecified atom stereocenters. The number of aliphatic hydroxyl groups is 1. The maximum Gasteiger partial charge on any atom is 0.0726 e. The van der Waals surface area contributed by atoms with E-state index in [0.717, 1.165) is 25.9 Å². The third-order valence-corrected chi connectivity index (χ3v) is 3.20. The van der Waals surface area contributed by atoms with Crippen LogP contribution in [0.3, 0.4) is 0 Å². The Hall–Kier alpha value is -0.540. The Morgan fingerprint density at radius 3 is 2.20 bits per heavy atom. The zero-order valence-corrected chi connectivity index (χ0v) is 10.2. The van der Waals surface area contributed by atoms with E-state index >= 15 is 0 Å². The molecule has 15 heavy (non-hydrogen) atoms. The predicted octanol–water partition coefficient (Wildman–Crippen LogP) is 1.47. The van der Waals surface area contributed by atoms with E-state index in [1.807, 2.05) is 0 Å². The molecule has 0 bridgehead atoms. The van der Waals surface area contributed by atoms with E-state index in [1.165, 1.54) is 0 Å². The van der Waals surface area contributed by atoms with E-state index in [0.29, 0.717) is 12.1 Å². The largest absolute Gasteiger partial charge is 0.402 e. The molecule has 88 valence electrons. The highest BCUT2D eigenvalue weighted by atomic mass is 16.3. The lowest BCUT2D eigenvalue weighted by Gasteiger charge is -2.44. The zero-order chi connectivity index (χ0) is 11.7. The quantitative estimate of drug-likeness (QED) is 0.729. The van der Waals surface area contributed by atoms with Crippen LogP contribution in [-0.4, -0.2) is 34.2 Å². The lowest BCUT2D eigenvalue weighted by atomic mass is 9.85. The van der Waals surface area contributed by atoms with E-state index in [2.05, 4.69) is 32.3 Å². The van der Waals surface area contributed by atoms with E-state index in [4.69, 9.17) is 5.73 Å². The zero-order valence-electron chi connectivity index (χ0n) is 10.2. The molecule has 1 aliphatic rings. The molecule has 0 amide bonds. The first kappa shape index (κ1) is 12.5. The third kappa shape index (κ3) is 3.50. The van der Waals surface area contributed by atoms with Gasteiger partial charge in [-0.1, -0.05) is 6.58 Å². The van der Waals surface area contributed by atoms with Crippen molar-refractivity contribution >= 4 is 0 Å². The van der Waals surface area contributed by atoms with Crippen molar-refractivity contribution in [3.8, 4) is 0 Å². The molecule has 0 aromatic rings. The molecular weight excluding hydrogens is 188 g/mol. The fraction of sp³-hybridized carbons (Fsp3) is 0.833. The van der Waals surface area contributed by atoms with Crippen LogP contribution < -0.4 is 5.73 Å². The fourth-order valence-electron chi connectivity index (χ4n) is 2.19. The molecular formula is C12H24N2O. The average molecular weight is 212 g/mol. The summed E-state index contributed by atoms with van der Waals surface area (Å²) in [5, 5.41) is 10.3. The van der Waals surface area contributed by atoms with Gasteiger partial charge in [-0.3, -0.25) is 4.90 Å². The summed E-state index contributed by atoms with van der Waals surface area (Å²) >= 11 is 0. The summed E-state index contributed by atoms with van der Waals surface area (Å²) in [7, 11) is 0. The van der Waals surface area contributed by atoms with Crippen molar-refractivity contribution in [1.82, 2.24) is 4.90 Å². The third-order valence-electron chi connectivity index (χ3n) is 3.20. The number of nitrogens with two attached hydrogens (primary N) is 1. The second-order valence-corrected chi connectivity index (χ2v) is 5.72. The lowest BCUT2D eigenvalue weighted by molar-refractivity contribution is -0.0411. The van der Waals surface area contributed by atoms with Crippen LogP contribution in [0, 0.1) is 0 Å². The molecule has 0 aliphatic carbocycles. The van der Waals surface area contributed by atoms with Gasteiger partial charge >= 0.3 is 0 Å². The van der Waals surface area contributed by atoms with Crippen molar-refractivity contribution in [3.63, 3.8) is 0 Å². The van der Waals surface area contributed by atoms with Gasteiger partial charge in [-0.25, -0.2) is 0 Å². The maximum atomic E-state index is 10.3. The molecule has 0 radical (unpaired) electrons. The Kier molecular flexibility index (Phi) is 3.46. The summed E-state index contributed by atoms with van der Waals surface area (Å²) in [6.45, 7) is 12.2. The van der Waals surface area contributed by atoms with Crippen molar-refractivity contribution in [2.45, 2.75) is 51.2 Å². The molecule has 1 fully saturated rings. The van der Waals surface area contributed by atoms with Gasteiger partial charge in [0.2, 0.25) is 0 Å². The Labute approximate surface area is 93.0 Å². The van der Waals surface area contributed by atoms with E-state index in [-0.39, 0.29) is 5.54 Å². The molecule has 1 heterocycles. The summed E-state index contributed by atoms with van der Waals surface area (Å²) < 4.78 is 0. The predicted molar refractivity (Wildman–Crippen MR) is 63.5 cm³/mol. The number of nitrogens with zero attached hydrogens (tertiary/aromatic N) is 1. The lowest BCUT2D eigenvalue weighted by Crippen LogP contribution is -2.51. The Morgan fingerprint density at radius 2 is 1.87 bits per heavy atom. The van der Waals surface area contributed by atoms with Crippen LogP contribution in [0.4, 0.5) is 0 Å². The van der Waals surface area contributed by atoms with Crippen LogP contribution in [0.25, 0.3) is 0 Å². The number of piperidine rings is 1. The molecule has 0 spiro atoms. The molecule has 3 nitrogen and oxygen atoms in total. The minimum Gasteiger partial charge on any atom is -0.402 e. The van der Waals surface area contributed by atoms with Gasteiger partial charge in [0.15, 0.2) is 0 Å². The number of hydrogen-bond acceptors (Lipinski definition) is 3. The van der Waals surface area contributed by atoms with Gasteiger partial charge in [0, 0.05) is 30.7 Å². The first-order chi connectivity index (χ1) is 6.73. The van der Waals surface area contributed by atoms with Crippen molar-refractivity contribution in [1.29, 1.82) is 0 Å². The molecule has 3 N–H and O–H groups in total. The SMILES string of the molecule is C=C(N)CC1(O)CCN(C(C)(C)C)CC1. The van der Waals surface area contributed by atoms with Gasteiger partial charge < -0.3 is 10.8 Å². The second kappa shape index (κ2) is 4.14. The highest BCUT2D eigenvalue weighted by Crippen LogP contribution is 2.30. The summed E-state index contributed by atoms with van der Waals surface area (Å²) in [6.07, 6.45) is 2.12. The molecule has 0 aromatic carbocycles. The van der Waals surface area contributed by atoms with E-state index in [9.17, 15) is 5.11 Å². The maximum absolute atomic E-state index is 10.3. The molecule has 0 saturated carbocycles. The Balaban J connectivity index is 2.51. The average Bonchev–Trinajstić information content (AvgIpc) is 2.00. The monoisotopic (exact) mass is 212 g/mol. The number of likely N-dealkylation sites (tertiary alicyclic amines) is 1. The van der Waals surface area contributed by atoms with Gasteiger partial charge in [0.1, 0.15) is 0 Å². The fourth-order valence-corrected chi connectivity index (χ4v) is 2.19. The van der Waals surface area contributed by atoms with Crippen molar-refractivity contribution in [3.05, 3.63) is 12.3 Å². The van der Waals surface area contributed by atoms with Gasteiger partial charge in [-0.05, 0) is 33.6 Å². The summed E-state index contributed by atoms with van der Waals surface area (Å²) in [6, 6.07) is 0. The van der Waals surface area contributed by atoms with E-state index < -0.39 is 5.60 Å².